The quantitative estimate of drug-likeness (QED) is 0.226. The maximum absolute atomic E-state index is 9.18. The zero-order valence-electron chi connectivity index (χ0n) is 2.87. The molecule has 0 aromatic rings. The molecule has 0 spiro atoms. The summed E-state index contributed by atoms with van der Waals surface area (Å²) in [5.41, 5.74) is 0. The zero-order chi connectivity index (χ0) is 5.15. The summed E-state index contributed by atoms with van der Waals surface area (Å²) in [5.74, 6) is 8.69. The minimum absolute atomic E-state index is 0.111. The zero-order valence-corrected chi connectivity index (χ0v) is 2.87. The largest absolute Gasteiger partial charge is 0.232 e. The number of hydrogen-bond donors (Lipinski definition) is 2. The molecule has 0 aliphatic heterocycles. The van der Waals surface area contributed by atoms with Crippen molar-refractivity contribution in [3.05, 3.63) is 10.1 Å². The Morgan fingerprint density at radius 3 is 1.83 bits per heavy atom. The standard InChI is InChI=1S/H4N4O2/c1-3(2)4(5)6/h1-2H2. The van der Waals surface area contributed by atoms with Crippen LogP contribution in [0, 0.1) is 10.1 Å². The maximum atomic E-state index is 9.18. The van der Waals surface area contributed by atoms with Gasteiger partial charge in [0.05, 0.1) is 0 Å². The van der Waals surface area contributed by atoms with E-state index in [-0.39, 0.29) is 5.23 Å². The van der Waals surface area contributed by atoms with E-state index in [0.717, 1.165) is 0 Å². The highest BCUT2D eigenvalue weighted by Crippen LogP contribution is 1.56. The molecule has 6 nitrogen and oxygen atoms in total. The molecule has 4 N–H and O–H groups in total. The van der Waals surface area contributed by atoms with Gasteiger partial charge >= 0.3 is 0 Å². The van der Waals surface area contributed by atoms with Crippen LogP contribution in [0.5, 0.6) is 0 Å². The van der Waals surface area contributed by atoms with E-state index in [2.05, 4.69) is 11.7 Å². The lowest BCUT2D eigenvalue weighted by Gasteiger charge is -1.93. The molecule has 0 aliphatic rings. The van der Waals surface area contributed by atoms with E-state index in [1.165, 1.54) is 0 Å². The lowest BCUT2D eigenvalue weighted by Crippen LogP contribution is -2.42. The fourth-order valence-corrected chi connectivity index (χ4v) is 0. The van der Waals surface area contributed by atoms with Crippen molar-refractivity contribution in [2.45, 2.75) is 0 Å². The van der Waals surface area contributed by atoms with E-state index in [1.54, 1.807) is 0 Å². The first-order chi connectivity index (χ1) is 2.64. The van der Waals surface area contributed by atoms with Crippen molar-refractivity contribution in [1.82, 2.24) is 5.23 Å². The molecule has 0 saturated carbocycles. The highest BCUT2D eigenvalue weighted by Gasteiger charge is 1.93. The minimum Gasteiger partial charge on any atom is -0.232 e. The molecule has 0 aliphatic carbocycles. The Morgan fingerprint density at radius 1 is 1.67 bits per heavy atom. The number of hydrogen-bond acceptors (Lipinski definition) is 4. The Labute approximate surface area is 33.4 Å². The Morgan fingerprint density at radius 2 is 1.83 bits per heavy atom. The molecule has 0 heterocycles. The van der Waals surface area contributed by atoms with Crippen LogP contribution in [0.1, 0.15) is 0 Å². The number of rotatable bonds is 1. The molecule has 0 unspecified atom stereocenters. The Bertz CT molecular complexity index is 56.6. The van der Waals surface area contributed by atoms with Gasteiger partial charge in [-0.25, -0.2) is 10.1 Å². The van der Waals surface area contributed by atoms with Gasteiger partial charge in [-0.3, -0.25) is 0 Å². The van der Waals surface area contributed by atoms with Crippen molar-refractivity contribution < 1.29 is 5.03 Å². The van der Waals surface area contributed by atoms with Crippen LogP contribution in [0.3, 0.4) is 0 Å². The number of hydrazine groups is 3. The highest BCUT2D eigenvalue weighted by molar-refractivity contribution is 3.95. The SMILES string of the molecule is NN(N)[N+](=O)[O-]. The summed E-state index contributed by atoms with van der Waals surface area (Å²) in [6.07, 6.45) is 0. The molecule has 0 bridgehead atoms. The van der Waals surface area contributed by atoms with Crippen LogP contribution in [-0.4, -0.2) is 10.3 Å². The Balaban J connectivity index is 3.26. The summed E-state index contributed by atoms with van der Waals surface area (Å²) in [6.45, 7) is 0. The monoisotopic (exact) mass is 92.0 g/mol. The normalized spacial score (nSPS) is 7.67. The first-order valence-corrected chi connectivity index (χ1v) is 1.08. The van der Waals surface area contributed by atoms with Gasteiger partial charge in [0.2, 0.25) is 0 Å². The van der Waals surface area contributed by atoms with Gasteiger partial charge in [-0.1, -0.05) is 0 Å². The van der Waals surface area contributed by atoms with Gasteiger partial charge < -0.3 is 0 Å². The fourth-order valence-electron chi connectivity index (χ4n) is 0. The van der Waals surface area contributed by atoms with Crippen LogP contribution in [0.15, 0.2) is 0 Å². The molecule has 0 saturated heterocycles. The first kappa shape index (κ1) is 5.12. The molecule has 0 radical (unpaired) electrons. The summed E-state index contributed by atoms with van der Waals surface area (Å²) in [4.78, 5) is 9.18. The highest BCUT2D eigenvalue weighted by atomic mass is 16.7. The van der Waals surface area contributed by atoms with E-state index in [9.17, 15) is 10.1 Å². The van der Waals surface area contributed by atoms with Crippen molar-refractivity contribution >= 4 is 0 Å². The van der Waals surface area contributed by atoms with Gasteiger partial charge in [-0.2, -0.15) is 11.7 Å². The second-order valence-corrected chi connectivity index (χ2v) is 0.618. The minimum atomic E-state index is -0.944. The molecule has 0 rings (SSSR count). The Hall–Kier alpha value is -0.880. The molecule has 36 valence electrons. The predicted octanol–water partition coefficient (Wildman–Crippen LogP) is -1.77. The first-order valence-electron chi connectivity index (χ1n) is 1.08. The Kier molecular flexibility index (Phi) is 1.31. The molecule has 0 amide bonds. The van der Waals surface area contributed by atoms with Crippen LogP contribution >= 0.6 is 0 Å². The molecule has 6 heteroatoms. The van der Waals surface area contributed by atoms with Crippen LogP contribution in [-0.2, 0) is 0 Å². The maximum Gasteiger partial charge on any atom is 0.192 e. The fraction of sp³-hybridized carbons (Fsp3) is 0. The van der Waals surface area contributed by atoms with Crippen molar-refractivity contribution in [2.75, 3.05) is 0 Å². The van der Waals surface area contributed by atoms with Gasteiger partial charge in [-0.05, 0) is 0 Å². The van der Waals surface area contributed by atoms with Crippen LogP contribution in [0.2, 0.25) is 0 Å². The van der Waals surface area contributed by atoms with Crippen LogP contribution in [0.4, 0.5) is 0 Å². The summed E-state index contributed by atoms with van der Waals surface area (Å²) >= 11 is 0. The van der Waals surface area contributed by atoms with Crippen molar-refractivity contribution in [2.24, 2.45) is 11.7 Å². The molecule has 0 fully saturated rings. The third-order valence-corrected chi connectivity index (χ3v) is 0.189. The van der Waals surface area contributed by atoms with E-state index >= 15 is 0 Å². The predicted molar refractivity (Wildman–Crippen MR) is 17.2 cm³/mol. The van der Waals surface area contributed by atoms with Crippen molar-refractivity contribution in [1.29, 1.82) is 0 Å². The van der Waals surface area contributed by atoms with E-state index < -0.39 is 5.03 Å². The molecule has 0 atom stereocenters. The topological polar surface area (TPSA) is 98.4 Å². The van der Waals surface area contributed by atoms with Gasteiger partial charge in [0.1, 0.15) is 0 Å². The average molecular weight is 92.1 g/mol. The number of nitro groups is 1. The number of nitrogens with two attached hydrogens (primary N) is 2. The van der Waals surface area contributed by atoms with Gasteiger partial charge in [0.15, 0.2) is 5.03 Å². The van der Waals surface area contributed by atoms with E-state index in [1.807, 2.05) is 0 Å². The third kappa shape index (κ3) is 1.44. The number of nitrogens with zero attached hydrogens (tertiary/aromatic N) is 2. The van der Waals surface area contributed by atoms with Crippen LogP contribution in [0.25, 0.3) is 0 Å². The average Bonchev–Trinajstić information content (AvgIpc) is 1.36. The third-order valence-electron chi connectivity index (χ3n) is 0.189. The lowest BCUT2D eigenvalue weighted by atomic mass is 12.2. The summed E-state index contributed by atoms with van der Waals surface area (Å²) in [5, 5.41) is 8.12. The van der Waals surface area contributed by atoms with E-state index in [0.29, 0.717) is 0 Å². The van der Waals surface area contributed by atoms with Crippen molar-refractivity contribution in [3.63, 3.8) is 0 Å². The van der Waals surface area contributed by atoms with Gasteiger partial charge in [0, 0.05) is 5.23 Å². The van der Waals surface area contributed by atoms with Crippen LogP contribution < -0.4 is 11.7 Å². The second-order valence-electron chi connectivity index (χ2n) is 0.618. The summed E-state index contributed by atoms with van der Waals surface area (Å²) in [7, 11) is 0. The van der Waals surface area contributed by atoms with Gasteiger partial charge in [-0.15, -0.1) is 0 Å². The van der Waals surface area contributed by atoms with Gasteiger partial charge in [0.25, 0.3) is 0 Å². The summed E-state index contributed by atoms with van der Waals surface area (Å²) in [6, 6.07) is 0. The lowest BCUT2D eigenvalue weighted by molar-refractivity contribution is -0.661. The molecule has 6 heavy (non-hydrogen) atoms. The summed E-state index contributed by atoms with van der Waals surface area (Å²) < 4.78 is 0. The smallest absolute Gasteiger partial charge is 0.192 e. The van der Waals surface area contributed by atoms with E-state index in [4.69, 9.17) is 0 Å². The molecular weight excluding hydrogens is 88.0 g/mol. The second kappa shape index (κ2) is 1.53. The molecule has 0 aromatic carbocycles. The molecule has 0 aromatic heterocycles. The molecular formula is H4N4O2. The van der Waals surface area contributed by atoms with Crippen molar-refractivity contribution in [3.8, 4) is 0 Å².